The van der Waals surface area contributed by atoms with Gasteiger partial charge in [0.1, 0.15) is 5.75 Å². The number of likely N-dealkylation sites (tertiary alicyclic amines) is 1. The number of methoxy groups -OCH3 is 1. The molecule has 0 spiro atoms. The first-order valence-corrected chi connectivity index (χ1v) is 13.4. The summed E-state index contributed by atoms with van der Waals surface area (Å²) in [6.07, 6.45) is 9.64. The highest BCUT2D eigenvalue weighted by molar-refractivity contribution is 5.83. The molecule has 4 rings (SSSR count). The number of ether oxygens (including phenoxy) is 1. The Morgan fingerprint density at radius 1 is 1.06 bits per heavy atom. The normalized spacial score (nSPS) is 18.4. The molecule has 1 aromatic heterocycles. The van der Waals surface area contributed by atoms with Crippen molar-refractivity contribution in [1.29, 1.82) is 0 Å². The van der Waals surface area contributed by atoms with Crippen LogP contribution in [0.25, 0.3) is 10.9 Å². The molecule has 1 aliphatic rings. The molecule has 0 saturated carbocycles. The summed E-state index contributed by atoms with van der Waals surface area (Å²) < 4.78 is 5.43. The number of carboxylic acids is 1. The van der Waals surface area contributed by atoms with E-state index in [0.29, 0.717) is 11.8 Å². The van der Waals surface area contributed by atoms with Crippen LogP contribution in [0.2, 0.25) is 0 Å². The molecular weight excluding hydrogens is 448 g/mol. The van der Waals surface area contributed by atoms with Crippen molar-refractivity contribution in [1.82, 2.24) is 9.88 Å². The Labute approximate surface area is 215 Å². The minimum atomic E-state index is -0.678. The van der Waals surface area contributed by atoms with Gasteiger partial charge < -0.3 is 14.7 Å². The molecule has 192 valence electrons. The smallest absolute Gasteiger partial charge is 0.303 e. The van der Waals surface area contributed by atoms with E-state index in [0.717, 1.165) is 69.4 Å². The van der Waals surface area contributed by atoms with Gasteiger partial charge in [-0.2, -0.15) is 0 Å². The van der Waals surface area contributed by atoms with Crippen LogP contribution in [-0.2, 0) is 17.6 Å². The fourth-order valence-electron chi connectivity index (χ4n) is 5.84. The molecule has 0 amide bonds. The van der Waals surface area contributed by atoms with E-state index in [9.17, 15) is 9.90 Å². The summed E-state index contributed by atoms with van der Waals surface area (Å²) in [5.41, 5.74) is 5.13. The summed E-state index contributed by atoms with van der Waals surface area (Å²) in [4.78, 5) is 18.4. The van der Waals surface area contributed by atoms with Crippen LogP contribution >= 0.6 is 0 Å². The van der Waals surface area contributed by atoms with Crippen LogP contribution in [0.4, 0.5) is 0 Å². The molecule has 1 fully saturated rings. The topological polar surface area (TPSA) is 62.7 Å². The monoisotopic (exact) mass is 488 g/mol. The summed E-state index contributed by atoms with van der Waals surface area (Å²) in [7, 11) is 1.70. The molecule has 2 atom stereocenters. The predicted octanol–water partition coefficient (Wildman–Crippen LogP) is 6.31. The van der Waals surface area contributed by atoms with Gasteiger partial charge in [-0.05, 0) is 118 Å². The number of aryl methyl sites for hydroxylation is 3. The van der Waals surface area contributed by atoms with E-state index in [2.05, 4.69) is 53.2 Å². The van der Waals surface area contributed by atoms with Crippen LogP contribution in [0.5, 0.6) is 5.75 Å². The van der Waals surface area contributed by atoms with Crippen molar-refractivity contribution in [2.45, 2.75) is 58.3 Å². The van der Waals surface area contributed by atoms with E-state index in [1.807, 2.05) is 18.3 Å². The SMILES string of the molecule is COc1ccc2nccc(CCCC3CCN(CCCc4ccccc4C)CC3CCC(=O)O)c2c1. The van der Waals surface area contributed by atoms with Crippen LogP contribution in [-0.4, -0.2) is 47.7 Å². The third-order valence-corrected chi connectivity index (χ3v) is 7.95. The number of piperidine rings is 1. The van der Waals surface area contributed by atoms with Gasteiger partial charge >= 0.3 is 5.97 Å². The maximum Gasteiger partial charge on any atom is 0.303 e. The van der Waals surface area contributed by atoms with E-state index in [4.69, 9.17) is 4.74 Å². The molecule has 3 aromatic rings. The van der Waals surface area contributed by atoms with Gasteiger partial charge in [-0.15, -0.1) is 0 Å². The molecule has 0 aliphatic carbocycles. The number of nitrogens with zero attached hydrogens (tertiary/aromatic N) is 2. The molecule has 2 aromatic carbocycles. The van der Waals surface area contributed by atoms with E-state index in [-0.39, 0.29) is 6.42 Å². The van der Waals surface area contributed by atoms with Gasteiger partial charge in [-0.3, -0.25) is 9.78 Å². The number of fused-ring (bicyclic) bond motifs is 1. The lowest BCUT2D eigenvalue weighted by Gasteiger charge is -2.39. The second-order valence-corrected chi connectivity index (χ2v) is 10.3. The minimum Gasteiger partial charge on any atom is -0.497 e. The van der Waals surface area contributed by atoms with Crippen molar-refractivity contribution in [3.05, 3.63) is 71.4 Å². The first kappa shape index (κ1) is 26.2. The lowest BCUT2D eigenvalue weighted by Crippen LogP contribution is -2.41. The first-order valence-electron chi connectivity index (χ1n) is 13.4. The summed E-state index contributed by atoms with van der Waals surface area (Å²) in [5.74, 6) is 1.24. The fourth-order valence-corrected chi connectivity index (χ4v) is 5.84. The molecule has 1 N–H and O–H groups in total. The Hall–Kier alpha value is -2.92. The van der Waals surface area contributed by atoms with Crippen LogP contribution in [0.3, 0.4) is 0 Å². The predicted molar refractivity (Wildman–Crippen MR) is 146 cm³/mol. The molecule has 5 heteroatoms. The average molecular weight is 489 g/mol. The molecule has 36 heavy (non-hydrogen) atoms. The number of carboxylic acid groups (broad SMARTS) is 1. The summed E-state index contributed by atoms with van der Waals surface area (Å²) in [6.45, 7) is 5.43. The highest BCUT2D eigenvalue weighted by atomic mass is 16.5. The highest BCUT2D eigenvalue weighted by Gasteiger charge is 2.29. The maximum absolute atomic E-state index is 11.3. The van der Waals surface area contributed by atoms with Crippen molar-refractivity contribution < 1.29 is 14.6 Å². The number of pyridine rings is 1. The number of aliphatic carboxylic acids is 1. The number of benzene rings is 2. The molecular formula is C31H40N2O3. The second kappa shape index (κ2) is 12.9. The molecule has 5 nitrogen and oxygen atoms in total. The van der Waals surface area contributed by atoms with Gasteiger partial charge in [0.05, 0.1) is 12.6 Å². The quantitative estimate of drug-likeness (QED) is 0.324. The van der Waals surface area contributed by atoms with Crippen LogP contribution in [0.1, 0.15) is 55.2 Å². The molecule has 1 aliphatic heterocycles. The zero-order chi connectivity index (χ0) is 25.3. The number of hydrogen-bond acceptors (Lipinski definition) is 4. The molecule has 2 unspecified atom stereocenters. The van der Waals surface area contributed by atoms with Crippen molar-refractivity contribution >= 4 is 16.9 Å². The second-order valence-electron chi connectivity index (χ2n) is 10.3. The third-order valence-electron chi connectivity index (χ3n) is 7.95. The van der Waals surface area contributed by atoms with Crippen molar-refractivity contribution in [3.8, 4) is 5.75 Å². The molecule has 0 radical (unpaired) electrons. The third kappa shape index (κ3) is 7.07. The largest absolute Gasteiger partial charge is 0.497 e. The Morgan fingerprint density at radius 3 is 2.69 bits per heavy atom. The van der Waals surface area contributed by atoms with Crippen LogP contribution in [0.15, 0.2) is 54.7 Å². The number of hydrogen-bond donors (Lipinski definition) is 1. The highest BCUT2D eigenvalue weighted by Crippen LogP contribution is 2.32. The molecule has 1 saturated heterocycles. The standard InChI is InChI=1S/C31H40N2O3/c1-23-7-3-4-8-24(23)11-6-19-33-20-17-25(27(22-33)12-15-31(34)35)9-5-10-26-16-18-32-30-14-13-28(36-2)21-29(26)30/h3-4,7-8,13-14,16,18,21,25,27H,5-6,9-12,15,17,19-20,22H2,1-2H3,(H,34,35). The summed E-state index contributed by atoms with van der Waals surface area (Å²) in [6, 6.07) is 16.8. The molecule has 2 heterocycles. The first-order chi connectivity index (χ1) is 17.5. The Balaban J connectivity index is 1.32. The van der Waals surface area contributed by atoms with Crippen molar-refractivity contribution in [3.63, 3.8) is 0 Å². The van der Waals surface area contributed by atoms with Crippen LogP contribution < -0.4 is 4.74 Å². The van der Waals surface area contributed by atoms with Gasteiger partial charge in [-0.1, -0.05) is 24.3 Å². The Bertz CT molecular complexity index is 1150. The van der Waals surface area contributed by atoms with Crippen molar-refractivity contribution in [2.75, 3.05) is 26.7 Å². The number of carbonyl (C=O) groups is 1. The van der Waals surface area contributed by atoms with Gasteiger partial charge in [0.2, 0.25) is 0 Å². The number of aromatic nitrogens is 1. The summed E-state index contributed by atoms with van der Waals surface area (Å²) in [5, 5.41) is 10.5. The average Bonchev–Trinajstić information content (AvgIpc) is 2.89. The van der Waals surface area contributed by atoms with E-state index >= 15 is 0 Å². The van der Waals surface area contributed by atoms with E-state index in [1.54, 1.807) is 7.11 Å². The molecule has 0 bridgehead atoms. The Morgan fingerprint density at radius 2 is 1.89 bits per heavy atom. The zero-order valence-corrected chi connectivity index (χ0v) is 21.8. The van der Waals surface area contributed by atoms with Gasteiger partial charge in [0, 0.05) is 24.5 Å². The zero-order valence-electron chi connectivity index (χ0n) is 21.8. The van der Waals surface area contributed by atoms with E-state index in [1.165, 1.54) is 28.5 Å². The number of rotatable bonds is 12. The Kier molecular flexibility index (Phi) is 9.35. The van der Waals surface area contributed by atoms with Gasteiger partial charge in [-0.25, -0.2) is 0 Å². The minimum absolute atomic E-state index is 0.271. The fraction of sp³-hybridized carbons (Fsp3) is 0.484. The lowest BCUT2D eigenvalue weighted by atomic mass is 9.79. The van der Waals surface area contributed by atoms with Crippen LogP contribution in [0, 0.1) is 18.8 Å². The van der Waals surface area contributed by atoms with Gasteiger partial charge in [0.15, 0.2) is 0 Å². The summed E-state index contributed by atoms with van der Waals surface area (Å²) >= 11 is 0. The van der Waals surface area contributed by atoms with Crippen molar-refractivity contribution in [2.24, 2.45) is 11.8 Å². The lowest BCUT2D eigenvalue weighted by molar-refractivity contribution is -0.137. The maximum atomic E-state index is 11.3. The van der Waals surface area contributed by atoms with E-state index < -0.39 is 5.97 Å². The van der Waals surface area contributed by atoms with Gasteiger partial charge in [0.25, 0.3) is 0 Å².